The molecule has 0 fully saturated rings. The quantitative estimate of drug-likeness (QED) is 0.564. The summed E-state index contributed by atoms with van der Waals surface area (Å²) in [6.45, 7) is 4.85. The van der Waals surface area contributed by atoms with Crippen LogP contribution < -0.4 is 0 Å². The number of carbonyl (C=O) groups is 1. The minimum Gasteiger partial charge on any atom is -0.426 e. The molecule has 0 spiro atoms. The summed E-state index contributed by atoms with van der Waals surface area (Å²) in [4.78, 5) is 11.1. The summed E-state index contributed by atoms with van der Waals surface area (Å²) >= 11 is 0. The molecule has 1 radical (unpaired) electrons. The molecule has 1 unspecified atom stereocenters. The highest BCUT2D eigenvalue weighted by Crippen LogP contribution is 2.26. The fourth-order valence-corrected chi connectivity index (χ4v) is 1.43. The van der Waals surface area contributed by atoms with Crippen molar-refractivity contribution >= 4 is 5.97 Å². The van der Waals surface area contributed by atoms with Crippen molar-refractivity contribution in [1.29, 1.82) is 0 Å². The lowest BCUT2D eigenvalue weighted by molar-refractivity contribution is -0.232. The average Bonchev–Trinajstić information content (AvgIpc) is 2.17. The van der Waals surface area contributed by atoms with Crippen molar-refractivity contribution in [3.63, 3.8) is 0 Å². The van der Waals surface area contributed by atoms with Gasteiger partial charge in [0.25, 0.3) is 5.79 Å². The van der Waals surface area contributed by atoms with Crippen LogP contribution >= 0.6 is 0 Å². The van der Waals surface area contributed by atoms with Crippen LogP contribution in [0.2, 0.25) is 0 Å². The fourth-order valence-electron chi connectivity index (χ4n) is 1.43. The topological polar surface area (TPSA) is 46.2 Å². The summed E-state index contributed by atoms with van der Waals surface area (Å²) in [5.41, 5.74) is 1.34. The number of benzene rings is 1. The van der Waals surface area contributed by atoms with E-state index in [0.717, 1.165) is 5.56 Å². The van der Waals surface area contributed by atoms with E-state index in [1.165, 1.54) is 6.92 Å². The molecule has 1 atom stereocenters. The van der Waals surface area contributed by atoms with E-state index in [1.807, 2.05) is 19.1 Å². The van der Waals surface area contributed by atoms with Gasteiger partial charge in [-0.2, -0.15) is 5.11 Å². The Morgan fingerprint density at radius 1 is 1.40 bits per heavy atom. The summed E-state index contributed by atoms with van der Waals surface area (Å²) in [7, 11) is 0. The number of rotatable bonds is 3. The summed E-state index contributed by atoms with van der Waals surface area (Å²) in [5, 5.41) is 12.1. The van der Waals surface area contributed by atoms with E-state index >= 15 is 0 Å². The summed E-state index contributed by atoms with van der Waals surface area (Å²) in [6.07, 6.45) is 0.212. The average molecular weight is 207 g/mol. The maximum absolute atomic E-state index is 12.1. The van der Waals surface area contributed by atoms with Gasteiger partial charge in [0.1, 0.15) is 0 Å². The van der Waals surface area contributed by atoms with Gasteiger partial charge < -0.3 is 4.74 Å². The van der Waals surface area contributed by atoms with Crippen molar-refractivity contribution in [2.75, 3.05) is 0 Å². The van der Waals surface area contributed by atoms with Crippen LogP contribution in [0.5, 0.6) is 0 Å². The maximum atomic E-state index is 12.1. The molecule has 1 aromatic rings. The van der Waals surface area contributed by atoms with Gasteiger partial charge in [0, 0.05) is 18.9 Å². The SMILES string of the molecule is CCC(=O)OC(C)([O])c1ccccc1C. The van der Waals surface area contributed by atoms with E-state index in [4.69, 9.17) is 4.74 Å². The molecule has 3 heteroatoms. The first-order valence-electron chi connectivity index (χ1n) is 4.95. The van der Waals surface area contributed by atoms with Crippen molar-refractivity contribution in [2.45, 2.75) is 33.0 Å². The molecule has 0 aromatic heterocycles. The Kier molecular flexibility index (Phi) is 3.48. The van der Waals surface area contributed by atoms with Crippen molar-refractivity contribution < 1.29 is 14.6 Å². The Hall–Kier alpha value is -1.35. The van der Waals surface area contributed by atoms with E-state index in [1.54, 1.807) is 19.1 Å². The molecule has 0 amide bonds. The number of hydrogen-bond donors (Lipinski definition) is 0. The van der Waals surface area contributed by atoms with Gasteiger partial charge in [-0.05, 0) is 12.5 Å². The van der Waals surface area contributed by atoms with Crippen molar-refractivity contribution in [2.24, 2.45) is 0 Å². The zero-order valence-electron chi connectivity index (χ0n) is 9.24. The van der Waals surface area contributed by atoms with Gasteiger partial charge in [-0.15, -0.1) is 0 Å². The van der Waals surface area contributed by atoms with E-state index in [0.29, 0.717) is 5.56 Å². The molecule has 1 rings (SSSR count). The van der Waals surface area contributed by atoms with E-state index < -0.39 is 11.8 Å². The first-order chi connectivity index (χ1) is 6.97. The fraction of sp³-hybridized carbons (Fsp3) is 0.417. The third kappa shape index (κ3) is 2.80. The molecule has 0 heterocycles. The molecule has 0 aliphatic carbocycles. The maximum Gasteiger partial charge on any atom is 0.308 e. The van der Waals surface area contributed by atoms with Crippen LogP contribution in [-0.2, 0) is 20.4 Å². The van der Waals surface area contributed by atoms with Gasteiger partial charge >= 0.3 is 5.97 Å². The molecule has 81 valence electrons. The smallest absolute Gasteiger partial charge is 0.308 e. The lowest BCUT2D eigenvalue weighted by Gasteiger charge is -2.22. The highest BCUT2D eigenvalue weighted by molar-refractivity contribution is 5.69. The van der Waals surface area contributed by atoms with Gasteiger partial charge in [0.2, 0.25) is 0 Å². The third-order valence-corrected chi connectivity index (χ3v) is 2.23. The number of aryl methyl sites for hydroxylation is 1. The van der Waals surface area contributed by atoms with Gasteiger partial charge in [0.15, 0.2) is 0 Å². The van der Waals surface area contributed by atoms with Crippen LogP contribution in [0.3, 0.4) is 0 Å². The monoisotopic (exact) mass is 207 g/mol. The summed E-state index contributed by atoms with van der Waals surface area (Å²) in [6, 6.07) is 7.12. The minimum atomic E-state index is -1.79. The minimum absolute atomic E-state index is 0.212. The molecule has 1 aromatic carbocycles. The van der Waals surface area contributed by atoms with Gasteiger partial charge in [0.05, 0.1) is 0 Å². The standard InChI is InChI=1S/C12H15O3/c1-4-11(13)15-12(3,14)10-8-6-5-7-9(10)2/h5-8H,4H2,1-3H3. The Balaban J connectivity index is 2.95. The Morgan fingerprint density at radius 2 is 2.00 bits per heavy atom. The zero-order valence-corrected chi connectivity index (χ0v) is 9.24. The Bertz CT molecular complexity index is 356. The molecule has 0 N–H and O–H groups in total. The molecule has 0 aliphatic heterocycles. The summed E-state index contributed by atoms with van der Waals surface area (Å²) < 4.78 is 4.86. The molecular weight excluding hydrogens is 192 g/mol. The second-order valence-electron chi connectivity index (χ2n) is 3.59. The van der Waals surface area contributed by atoms with Crippen molar-refractivity contribution in [3.8, 4) is 0 Å². The van der Waals surface area contributed by atoms with Crippen LogP contribution in [0.4, 0.5) is 0 Å². The van der Waals surface area contributed by atoms with Crippen LogP contribution in [0.1, 0.15) is 31.4 Å². The van der Waals surface area contributed by atoms with Crippen LogP contribution in [-0.4, -0.2) is 5.97 Å². The largest absolute Gasteiger partial charge is 0.426 e. The predicted molar refractivity (Wildman–Crippen MR) is 55.6 cm³/mol. The molecule has 3 nitrogen and oxygen atoms in total. The molecular formula is C12H15O3. The van der Waals surface area contributed by atoms with Gasteiger partial charge in [-0.3, -0.25) is 4.79 Å². The zero-order chi connectivity index (χ0) is 11.5. The highest BCUT2D eigenvalue weighted by atomic mass is 16.7. The first kappa shape index (κ1) is 11.7. The molecule has 0 bridgehead atoms. The second kappa shape index (κ2) is 4.45. The Morgan fingerprint density at radius 3 is 2.53 bits per heavy atom. The van der Waals surface area contributed by atoms with E-state index in [-0.39, 0.29) is 6.42 Å². The number of hydrogen-bond acceptors (Lipinski definition) is 2. The van der Waals surface area contributed by atoms with Crippen LogP contribution in [0.15, 0.2) is 24.3 Å². The molecule has 0 saturated heterocycles. The van der Waals surface area contributed by atoms with Gasteiger partial charge in [-0.25, -0.2) is 0 Å². The summed E-state index contributed by atoms with van der Waals surface area (Å²) in [5.74, 6) is -2.27. The lowest BCUT2D eigenvalue weighted by atomic mass is 10.0. The molecule has 15 heavy (non-hydrogen) atoms. The highest BCUT2D eigenvalue weighted by Gasteiger charge is 2.30. The van der Waals surface area contributed by atoms with E-state index in [2.05, 4.69) is 0 Å². The molecule has 0 aliphatic rings. The first-order valence-corrected chi connectivity index (χ1v) is 4.95. The van der Waals surface area contributed by atoms with E-state index in [9.17, 15) is 9.90 Å². The van der Waals surface area contributed by atoms with Crippen molar-refractivity contribution in [1.82, 2.24) is 0 Å². The normalized spacial score (nSPS) is 14.4. The number of ether oxygens (including phenoxy) is 1. The van der Waals surface area contributed by atoms with Crippen LogP contribution in [0.25, 0.3) is 0 Å². The number of carbonyl (C=O) groups excluding carboxylic acids is 1. The van der Waals surface area contributed by atoms with Crippen molar-refractivity contribution in [3.05, 3.63) is 35.4 Å². The Labute approximate surface area is 89.7 Å². The second-order valence-corrected chi connectivity index (χ2v) is 3.59. The number of esters is 1. The predicted octanol–water partition coefficient (Wildman–Crippen LogP) is 2.55. The van der Waals surface area contributed by atoms with Crippen LogP contribution in [0, 0.1) is 6.92 Å². The molecule has 0 saturated carbocycles. The van der Waals surface area contributed by atoms with Gasteiger partial charge in [-0.1, -0.05) is 31.2 Å². The third-order valence-electron chi connectivity index (χ3n) is 2.23. The lowest BCUT2D eigenvalue weighted by Crippen LogP contribution is -2.27.